The molecule has 4 aromatic heterocycles. The lowest BCUT2D eigenvalue weighted by atomic mass is 10.2. The topological polar surface area (TPSA) is 273 Å². The molecule has 1 aliphatic rings. The maximum absolute atomic E-state index is 11.0. The normalized spacial score (nSPS) is 11.5. The number of ketones is 1. The van der Waals surface area contributed by atoms with E-state index >= 15 is 0 Å². The molecule has 0 aromatic carbocycles. The van der Waals surface area contributed by atoms with Crippen molar-refractivity contribution in [1.82, 2.24) is 34.9 Å². The van der Waals surface area contributed by atoms with Crippen LogP contribution in [0.2, 0.25) is 0 Å². The summed E-state index contributed by atoms with van der Waals surface area (Å²) in [5.74, 6) is -2.60. The van der Waals surface area contributed by atoms with E-state index < -0.39 is 23.2 Å². The van der Waals surface area contributed by atoms with E-state index in [0.717, 1.165) is 0 Å². The first kappa shape index (κ1) is 23.9. The van der Waals surface area contributed by atoms with Gasteiger partial charge in [0.05, 0.1) is 19.0 Å². The number of aromatic hydroxyl groups is 1. The van der Waals surface area contributed by atoms with Crippen LogP contribution in [0.1, 0.15) is 28.8 Å². The lowest BCUT2D eigenvalue weighted by molar-refractivity contribution is -0.134. The Balaban J connectivity index is 0.000000244. The predicted octanol–water partition coefficient (Wildman–Crippen LogP) is -1.62. The zero-order chi connectivity index (χ0) is 24.5. The Morgan fingerprint density at radius 2 is 1.73 bits per heavy atom. The predicted molar refractivity (Wildman–Crippen MR) is 106 cm³/mol. The van der Waals surface area contributed by atoms with Gasteiger partial charge in [-0.1, -0.05) is 0 Å². The van der Waals surface area contributed by atoms with Crippen LogP contribution in [0, 0.1) is 0 Å². The molecule has 0 unspecified atom stereocenters. The molecule has 0 spiro atoms. The number of nitrogens with zero attached hydrogens (tertiary/aromatic N) is 3. The molecule has 7 N–H and O–H groups in total. The summed E-state index contributed by atoms with van der Waals surface area (Å²) in [5.41, 5.74) is 4.69. The van der Waals surface area contributed by atoms with Crippen molar-refractivity contribution in [2.75, 3.05) is 0 Å². The van der Waals surface area contributed by atoms with Crippen molar-refractivity contribution in [1.29, 1.82) is 0 Å². The first-order valence-corrected chi connectivity index (χ1v) is 8.41. The molecule has 5 rings (SSSR count). The minimum Gasteiger partial charge on any atom is -0.492 e. The number of amides is 1. The summed E-state index contributed by atoms with van der Waals surface area (Å²) in [7, 11) is 0. The average molecular weight is 464 g/mol. The van der Waals surface area contributed by atoms with Crippen molar-refractivity contribution in [2.24, 2.45) is 5.73 Å². The van der Waals surface area contributed by atoms with E-state index in [1.807, 2.05) is 11.8 Å². The molecule has 1 aliphatic heterocycles. The number of aromatic amines is 4. The van der Waals surface area contributed by atoms with E-state index in [-0.39, 0.29) is 48.0 Å². The number of imidazole rings is 3. The monoisotopic (exact) mass is 464 g/mol. The van der Waals surface area contributed by atoms with Crippen LogP contribution in [-0.4, -0.2) is 64.4 Å². The Labute approximate surface area is 181 Å². The number of H-pyrrole nitrogens is 4. The van der Waals surface area contributed by atoms with Crippen molar-refractivity contribution in [3.05, 3.63) is 51.3 Å². The highest BCUT2D eigenvalue weighted by molar-refractivity contribution is 6.09. The summed E-state index contributed by atoms with van der Waals surface area (Å²) in [5, 5.41) is 8.68. The number of Topliss-reactive ketones (excluding diaryl/α,β-unsaturated/α-hetero) is 1. The first-order chi connectivity index (χ1) is 15.8. The number of ether oxygens (including phenoxy) is 1. The van der Waals surface area contributed by atoms with Gasteiger partial charge in [0.25, 0.3) is 23.1 Å². The molecule has 5 heterocycles. The van der Waals surface area contributed by atoms with Crippen LogP contribution in [0.4, 0.5) is 0 Å². The van der Waals surface area contributed by atoms with Gasteiger partial charge in [-0.2, -0.15) is 0 Å². The molecule has 174 valence electrons. The second kappa shape index (κ2) is 10.6. The van der Waals surface area contributed by atoms with Gasteiger partial charge in [0.1, 0.15) is 18.9 Å². The Morgan fingerprint density at radius 1 is 1.06 bits per heavy atom. The molecule has 17 nitrogen and oxygen atoms in total. The molecule has 0 radical (unpaired) electrons. The van der Waals surface area contributed by atoms with Gasteiger partial charge < -0.3 is 39.7 Å². The van der Waals surface area contributed by atoms with Crippen molar-refractivity contribution >= 4 is 35.7 Å². The van der Waals surface area contributed by atoms with Crippen LogP contribution < -0.4 is 21.8 Å². The first-order valence-electron chi connectivity index (χ1n) is 8.41. The second-order valence-corrected chi connectivity index (χ2v) is 5.55. The Hall–Kier alpha value is -5.35. The van der Waals surface area contributed by atoms with Gasteiger partial charge in [-0.3, -0.25) is 24.2 Å². The molecule has 0 saturated heterocycles. The molecule has 0 atom stereocenters. The van der Waals surface area contributed by atoms with Crippen molar-refractivity contribution in [3.8, 4) is 11.8 Å². The van der Waals surface area contributed by atoms with Crippen LogP contribution >= 0.6 is 0 Å². The van der Waals surface area contributed by atoms with E-state index in [1.165, 1.54) is 19.0 Å². The summed E-state index contributed by atoms with van der Waals surface area (Å²) in [6.45, 7) is 2.00. The fourth-order valence-electron chi connectivity index (χ4n) is 2.18. The molecule has 0 aliphatic carbocycles. The van der Waals surface area contributed by atoms with Crippen molar-refractivity contribution in [3.63, 3.8) is 0 Å². The maximum atomic E-state index is 11.0. The van der Waals surface area contributed by atoms with Crippen molar-refractivity contribution < 1.29 is 34.9 Å². The number of carbonyl (C=O) groups excluding carboxylic acids is 4. The number of hydrogen-bond donors (Lipinski definition) is 6. The zero-order valence-corrected chi connectivity index (χ0v) is 16.3. The zero-order valence-electron chi connectivity index (χ0n) is 16.3. The van der Waals surface area contributed by atoms with Crippen LogP contribution in [-0.2, 0) is 9.59 Å². The number of carbonyl (C=O) groups is 4. The van der Waals surface area contributed by atoms with Gasteiger partial charge in [-0.15, -0.1) is 0 Å². The Morgan fingerprint density at radius 3 is 2.33 bits per heavy atom. The van der Waals surface area contributed by atoms with Gasteiger partial charge in [0.2, 0.25) is 5.88 Å². The van der Waals surface area contributed by atoms with Gasteiger partial charge in [0, 0.05) is 1.43 Å². The minimum absolute atomic E-state index is 0. The van der Waals surface area contributed by atoms with E-state index in [2.05, 4.69) is 39.1 Å². The number of aromatic nitrogens is 7. The molecule has 1 amide bonds. The molecule has 0 bridgehead atoms. The van der Waals surface area contributed by atoms with E-state index in [4.69, 9.17) is 15.6 Å². The number of fused-ring (bicyclic) bond motifs is 2. The molecule has 4 aromatic rings. The van der Waals surface area contributed by atoms with Crippen LogP contribution in [0.15, 0.2) is 33.0 Å². The van der Waals surface area contributed by atoms with Gasteiger partial charge in [-0.25, -0.2) is 19.7 Å². The highest BCUT2D eigenvalue weighted by Crippen LogP contribution is 2.19. The minimum atomic E-state index is -0.797. The molecule has 0 saturated carbocycles. The van der Waals surface area contributed by atoms with Crippen LogP contribution in [0.3, 0.4) is 0 Å². The molecule has 0 fully saturated rings. The smallest absolute Gasteiger partial charge is 0.421 e. The quantitative estimate of drug-likeness (QED) is 0.137. The largest absolute Gasteiger partial charge is 0.492 e. The number of primary amides is 1. The number of rotatable bonds is 1. The molecule has 17 heteroatoms. The van der Waals surface area contributed by atoms with E-state index in [9.17, 15) is 24.0 Å². The summed E-state index contributed by atoms with van der Waals surface area (Å²) in [6.07, 6.45) is 3.59. The molecular formula is C16H16N8O9. The lowest BCUT2D eigenvalue weighted by Crippen LogP contribution is -2.21. The van der Waals surface area contributed by atoms with Gasteiger partial charge in [-0.05, 0) is 0 Å². The van der Waals surface area contributed by atoms with Crippen LogP contribution in [0.25, 0.3) is 11.2 Å². The standard InChI is InChI=1S/C6H4N2O3.C5H3N3O3.C4H5N3O2.CH2O.H2/c9-3-1-4(10)11-6-5(3)7-2-8-6;9-3-2-4(7-1-6-2)11-5(10)8-3;5-3(8)2-4(9)7-1-6-2;1-2;/h2H,1H2,(H,7,8);1H,(H,6,7)(H,8,9,10);1,9H,(H2,5,8)(H,6,7);1H2;1H. The second-order valence-electron chi connectivity index (χ2n) is 5.55. The van der Waals surface area contributed by atoms with Crippen LogP contribution in [0.5, 0.6) is 11.8 Å². The van der Waals surface area contributed by atoms with E-state index in [1.54, 1.807) is 0 Å². The summed E-state index contributed by atoms with van der Waals surface area (Å²) in [6, 6.07) is 0. The van der Waals surface area contributed by atoms with Gasteiger partial charge >= 0.3 is 11.7 Å². The Kier molecular flexibility index (Phi) is 7.69. The number of nitrogens with two attached hydrogens (primary N) is 1. The number of nitrogens with one attached hydrogen (secondary N) is 4. The molecular weight excluding hydrogens is 448 g/mol. The van der Waals surface area contributed by atoms with Crippen molar-refractivity contribution in [2.45, 2.75) is 6.42 Å². The van der Waals surface area contributed by atoms with Gasteiger partial charge in [0.15, 0.2) is 17.0 Å². The highest BCUT2D eigenvalue weighted by Gasteiger charge is 2.26. The summed E-state index contributed by atoms with van der Waals surface area (Å²) in [4.78, 5) is 81.3. The number of hydrogen-bond acceptors (Lipinski definition) is 12. The Bertz CT molecular complexity index is 1400. The SMILES string of the molecule is C=O.NC(=O)c1[nH]cnc1O.O=C1CC(=O)c2[nH]cnc2O1.O=c1[nH]c(=O)c2[nH]cnc2o1.[HH]. The average Bonchev–Trinajstić information content (AvgIpc) is 3.51. The summed E-state index contributed by atoms with van der Waals surface area (Å²) < 4.78 is 9.17. The fourth-order valence-corrected chi connectivity index (χ4v) is 2.18. The molecule has 33 heavy (non-hydrogen) atoms. The lowest BCUT2D eigenvalue weighted by Gasteiger charge is -2.07. The third-order valence-electron chi connectivity index (χ3n) is 3.50. The summed E-state index contributed by atoms with van der Waals surface area (Å²) >= 11 is 0. The third kappa shape index (κ3) is 5.84. The van der Waals surface area contributed by atoms with E-state index in [0.29, 0.717) is 0 Å². The third-order valence-corrected chi connectivity index (χ3v) is 3.50. The number of esters is 1. The maximum Gasteiger partial charge on any atom is 0.421 e. The fraction of sp³-hybridized carbons (Fsp3) is 0.0625. The highest BCUT2D eigenvalue weighted by atomic mass is 16.5.